The zero-order chi connectivity index (χ0) is 9.68. The first-order valence-corrected chi connectivity index (χ1v) is 4.15. The smallest absolute Gasteiger partial charge is 0.339 e. The van der Waals surface area contributed by atoms with Crippen molar-refractivity contribution in [1.82, 2.24) is 0 Å². The van der Waals surface area contributed by atoms with Crippen LogP contribution in [-0.4, -0.2) is 47.2 Å². The number of benzene rings is 1. The summed E-state index contributed by atoms with van der Waals surface area (Å²) in [5.41, 5.74) is 0.556. The molecule has 4 heteroatoms. The number of hydrogen-bond acceptors (Lipinski definition) is 3. The Morgan fingerprint density at radius 2 is 2.00 bits per heavy atom. The molecule has 1 aromatic carbocycles. The Morgan fingerprint density at radius 1 is 1.43 bits per heavy atom. The van der Waals surface area contributed by atoms with E-state index in [-0.39, 0.29) is 36.2 Å². The number of aliphatic hydroxyl groups excluding tert-OH is 1. The monoisotopic (exact) mass is 203 g/mol. The Hall–Kier alpha value is -0.350. The van der Waals surface area contributed by atoms with Gasteiger partial charge in [0, 0.05) is 29.6 Å². The second-order valence-electron chi connectivity index (χ2n) is 2.57. The molecule has 0 aliphatic heterocycles. The Morgan fingerprint density at radius 3 is 2.50 bits per heavy atom. The summed E-state index contributed by atoms with van der Waals surface area (Å²) < 4.78 is 4.67. The van der Waals surface area contributed by atoms with Crippen LogP contribution in [0.1, 0.15) is 18.6 Å². The van der Waals surface area contributed by atoms with E-state index < -0.39 is 12.1 Å². The molecule has 0 bridgehead atoms. The Kier molecular flexibility index (Phi) is 6.83. The van der Waals surface area contributed by atoms with Gasteiger partial charge in [0.25, 0.3) is 0 Å². The van der Waals surface area contributed by atoms with E-state index in [9.17, 15) is 9.90 Å². The van der Waals surface area contributed by atoms with E-state index >= 15 is 0 Å². The fourth-order valence-electron chi connectivity index (χ4n) is 0.993. The largest absolute Gasteiger partial charge is 0.464 e. The Labute approximate surface area is 105 Å². The zero-order valence-corrected chi connectivity index (χ0v) is 10.4. The molecule has 71 valence electrons. The third kappa shape index (κ3) is 3.80. The van der Waals surface area contributed by atoms with Gasteiger partial charge in [-0.15, -0.1) is 0 Å². The van der Waals surface area contributed by atoms with Gasteiger partial charge >= 0.3 is 5.97 Å². The van der Waals surface area contributed by atoms with Crippen LogP contribution >= 0.6 is 0 Å². The first-order chi connectivity index (χ1) is 6.25. The van der Waals surface area contributed by atoms with Gasteiger partial charge in [0.2, 0.25) is 0 Å². The summed E-state index contributed by atoms with van der Waals surface area (Å²) >= 11 is 0. The standard InChI is InChI=1S/C10H12O3.Na/c1-2-13-10(12)9(11)8-6-4-3-5-7-8;/h3-7,9,11H,2H2,1H3;. The van der Waals surface area contributed by atoms with Gasteiger partial charge < -0.3 is 9.84 Å². The molecule has 0 aliphatic rings. The van der Waals surface area contributed by atoms with E-state index in [0.29, 0.717) is 5.56 Å². The Balaban J connectivity index is 0.00000169. The maximum absolute atomic E-state index is 11.1. The fraction of sp³-hybridized carbons (Fsp3) is 0.300. The van der Waals surface area contributed by atoms with Crippen molar-refractivity contribution < 1.29 is 14.6 Å². The van der Waals surface area contributed by atoms with Crippen molar-refractivity contribution in [2.24, 2.45) is 0 Å². The second-order valence-corrected chi connectivity index (χ2v) is 2.57. The molecule has 0 aromatic heterocycles. The summed E-state index contributed by atoms with van der Waals surface area (Å²) in [7, 11) is 0. The molecule has 1 atom stereocenters. The number of esters is 1. The van der Waals surface area contributed by atoms with Crippen molar-refractivity contribution in [3.63, 3.8) is 0 Å². The SMILES string of the molecule is CCOC(=O)C(O)c1ccccc1.[Na]. The van der Waals surface area contributed by atoms with Crippen LogP contribution in [0.2, 0.25) is 0 Å². The maximum Gasteiger partial charge on any atom is 0.339 e. The van der Waals surface area contributed by atoms with Crippen molar-refractivity contribution in [3.8, 4) is 0 Å². The minimum atomic E-state index is -1.17. The summed E-state index contributed by atoms with van der Waals surface area (Å²) in [6.45, 7) is 1.98. The number of ether oxygens (including phenoxy) is 1. The molecule has 0 spiro atoms. The fourth-order valence-corrected chi connectivity index (χ4v) is 0.993. The molecule has 0 fully saturated rings. The first kappa shape index (κ1) is 13.7. The predicted octanol–water partition coefficient (Wildman–Crippen LogP) is 0.902. The van der Waals surface area contributed by atoms with E-state index in [0.717, 1.165) is 0 Å². The van der Waals surface area contributed by atoms with Crippen LogP contribution in [0.3, 0.4) is 0 Å². The molecular weight excluding hydrogens is 191 g/mol. The minimum Gasteiger partial charge on any atom is -0.464 e. The molecule has 3 nitrogen and oxygen atoms in total. The van der Waals surface area contributed by atoms with E-state index in [2.05, 4.69) is 4.74 Å². The number of hydrogen-bond donors (Lipinski definition) is 1. The summed E-state index contributed by atoms with van der Waals surface area (Å²) in [4.78, 5) is 11.1. The van der Waals surface area contributed by atoms with Gasteiger partial charge in [0.05, 0.1) is 6.61 Å². The first-order valence-electron chi connectivity index (χ1n) is 4.15. The Bertz CT molecular complexity index is 274. The van der Waals surface area contributed by atoms with Crippen LogP contribution in [0, 0.1) is 0 Å². The molecule has 0 saturated heterocycles. The molecule has 1 aromatic rings. The van der Waals surface area contributed by atoms with Gasteiger partial charge in [-0.25, -0.2) is 4.79 Å². The minimum absolute atomic E-state index is 0. The number of carbonyl (C=O) groups is 1. The number of rotatable bonds is 3. The third-order valence-corrected chi connectivity index (χ3v) is 1.63. The average molecular weight is 203 g/mol. The quantitative estimate of drug-likeness (QED) is 0.586. The van der Waals surface area contributed by atoms with E-state index in [4.69, 9.17) is 0 Å². The second kappa shape index (κ2) is 7.01. The van der Waals surface area contributed by atoms with Gasteiger partial charge in [-0.1, -0.05) is 30.3 Å². The summed E-state index contributed by atoms with van der Waals surface area (Å²) in [5.74, 6) is -0.603. The van der Waals surface area contributed by atoms with Gasteiger partial charge in [0.1, 0.15) is 0 Å². The van der Waals surface area contributed by atoms with Crippen molar-refractivity contribution in [2.45, 2.75) is 13.0 Å². The molecule has 14 heavy (non-hydrogen) atoms. The van der Waals surface area contributed by atoms with Crippen LogP contribution in [-0.2, 0) is 9.53 Å². The molecule has 0 saturated carbocycles. The average Bonchev–Trinajstić information content (AvgIpc) is 2.18. The van der Waals surface area contributed by atoms with Crippen LogP contribution in [0.25, 0.3) is 0 Å². The number of carbonyl (C=O) groups excluding carboxylic acids is 1. The van der Waals surface area contributed by atoms with Gasteiger partial charge in [-0.3, -0.25) is 0 Å². The summed E-state index contributed by atoms with van der Waals surface area (Å²) in [6, 6.07) is 8.71. The zero-order valence-electron chi connectivity index (χ0n) is 8.43. The van der Waals surface area contributed by atoms with Crippen molar-refractivity contribution >= 4 is 35.5 Å². The maximum atomic E-state index is 11.1. The topological polar surface area (TPSA) is 46.5 Å². The van der Waals surface area contributed by atoms with Crippen LogP contribution in [0.4, 0.5) is 0 Å². The van der Waals surface area contributed by atoms with Crippen LogP contribution in [0.5, 0.6) is 0 Å². The van der Waals surface area contributed by atoms with Crippen molar-refractivity contribution in [2.75, 3.05) is 6.61 Å². The van der Waals surface area contributed by atoms with Gasteiger partial charge in [-0.2, -0.15) is 0 Å². The molecule has 1 rings (SSSR count). The third-order valence-electron chi connectivity index (χ3n) is 1.63. The molecule has 1 N–H and O–H groups in total. The molecule has 0 amide bonds. The molecule has 1 radical (unpaired) electrons. The van der Waals surface area contributed by atoms with E-state index in [1.165, 1.54) is 0 Å². The van der Waals surface area contributed by atoms with E-state index in [1.54, 1.807) is 31.2 Å². The van der Waals surface area contributed by atoms with E-state index in [1.807, 2.05) is 6.07 Å². The molecule has 0 heterocycles. The molecular formula is C10H12NaO3. The molecule has 1 unspecified atom stereocenters. The van der Waals surface area contributed by atoms with Crippen molar-refractivity contribution in [3.05, 3.63) is 35.9 Å². The summed E-state index contributed by atoms with van der Waals surface area (Å²) in [5, 5.41) is 9.45. The van der Waals surface area contributed by atoms with Crippen molar-refractivity contribution in [1.29, 1.82) is 0 Å². The normalized spacial score (nSPS) is 11.3. The molecule has 0 aliphatic carbocycles. The van der Waals surface area contributed by atoms with Gasteiger partial charge in [-0.05, 0) is 12.5 Å². The van der Waals surface area contributed by atoms with Crippen LogP contribution in [0.15, 0.2) is 30.3 Å². The predicted molar refractivity (Wildman–Crippen MR) is 53.8 cm³/mol. The number of aliphatic hydroxyl groups is 1. The van der Waals surface area contributed by atoms with Crippen LogP contribution < -0.4 is 0 Å². The summed E-state index contributed by atoms with van der Waals surface area (Å²) in [6.07, 6.45) is -1.17. The van der Waals surface area contributed by atoms with Gasteiger partial charge in [0.15, 0.2) is 6.10 Å².